The maximum Gasteiger partial charge on any atom is 0.281 e. The van der Waals surface area contributed by atoms with Crippen molar-refractivity contribution < 1.29 is 24.7 Å². The van der Waals surface area contributed by atoms with E-state index in [-0.39, 0.29) is 11.1 Å². The number of benzene rings is 3. The third-order valence-corrected chi connectivity index (χ3v) is 6.05. The van der Waals surface area contributed by atoms with Crippen LogP contribution in [-0.4, -0.2) is 26.7 Å². The molecule has 0 atom stereocenters. The Morgan fingerprint density at radius 1 is 0.793 bits per heavy atom. The van der Waals surface area contributed by atoms with Gasteiger partial charge < -0.3 is 10.2 Å². The lowest BCUT2D eigenvalue weighted by Crippen LogP contribution is -2.23. The van der Waals surface area contributed by atoms with E-state index in [0.717, 1.165) is 23.9 Å². The lowest BCUT2D eigenvalue weighted by Gasteiger charge is -2.21. The Hall–Kier alpha value is -3.36. The molecule has 0 saturated heterocycles. The number of hydrogen-bond acceptors (Lipinski definition) is 7. The van der Waals surface area contributed by atoms with Crippen LogP contribution in [-0.2, 0) is 0 Å². The molecule has 2 N–H and O–H groups in total. The third-order valence-electron chi connectivity index (χ3n) is 4.47. The van der Waals surface area contributed by atoms with Crippen LogP contribution >= 0.6 is 23.4 Å². The monoisotopic (exact) mass is 427 g/mol. The van der Waals surface area contributed by atoms with Crippen LogP contribution in [0.5, 0.6) is 11.5 Å². The third kappa shape index (κ3) is 2.93. The maximum atomic E-state index is 13.2. The van der Waals surface area contributed by atoms with E-state index in [1.165, 1.54) is 12.1 Å². The standard InChI is InChI=1S/C20H10ClNO6S/c21-9-3-1-2-4-13(9)29-14-8-7-12(24)17-18(14)20(26)16-11(23)6-5-10(22(27)28)15(16)19(17)25/h1-8,23-24H. The molecule has 3 aromatic rings. The van der Waals surface area contributed by atoms with E-state index in [0.29, 0.717) is 14.8 Å². The van der Waals surface area contributed by atoms with E-state index in [1.807, 2.05) is 0 Å². The quantitative estimate of drug-likeness (QED) is 0.362. The molecule has 0 radical (unpaired) electrons. The highest BCUT2D eigenvalue weighted by atomic mass is 35.5. The number of nitrogens with zero attached hydrogens (tertiary/aromatic N) is 1. The highest BCUT2D eigenvalue weighted by Gasteiger charge is 2.40. The van der Waals surface area contributed by atoms with E-state index in [1.54, 1.807) is 24.3 Å². The Labute approximate surface area is 172 Å². The lowest BCUT2D eigenvalue weighted by molar-refractivity contribution is -0.385. The van der Waals surface area contributed by atoms with Crippen molar-refractivity contribution in [2.24, 2.45) is 0 Å². The molecule has 0 heterocycles. The first kappa shape index (κ1) is 19.0. The molecule has 3 aromatic carbocycles. The molecule has 1 aliphatic rings. The van der Waals surface area contributed by atoms with E-state index in [9.17, 15) is 29.9 Å². The Morgan fingerprint density at radius 3 is 2.03 bits per heavy atom. The molecule has 0 fully saturated rings. The number of halogens is 1. The van der Waals surface area contributed by atoms with Gasteiger partial charge in [0.1, 0.15) is 17.1 Å². The van der Waals surface area contributed by atoms with Gasteiger partial charge in [-0.15, -0.1) is 0 Å². The van der Waals surface area contributed by atoms with Gasteiger partial charge in [-0.25, -0.2) is 0 Å². The molecule has 0 bridgehead atoms. The van der Waals surface area contributed by atoms with Gasteiger partial charge in [0, 0.05) is 15.9 Å². The largest absolute Gasteiger partial charge is 0.507 e. The SMILES string of the molecule is O=C1c2c(O)ccc([N+](=O)[O-])c2C(=O)c2c(O)ccc(Sc3ccccc3Cl)c21. The topological polar surface area (TPSA) is 118 Å². The molecule has 144 valence electrons. The average molecular weight is 428 g/mol. The van der Waals surface area contributed by atoms with E-state index in [2.05, 4.69) is 0 Å². The number of nitro benzene ring substituents is 1. The second kappa shape index (κ2) is 6.91. The highest BCUT2D eigenvalue weighted by molar-refractivity contribution is 7.99. The summed E-state index contributed by atoms with van der Waals surface area (Å²) in [6.07, 6.45) is 0. The van der Waals surface area contributed by atoms with Crippen LogP contribution in [0.2, 0.25) is 5.02 Å². The molecule has 29 heavy (non-hydrogen) atoms. The molecular formula is C20H10ClNO6S. The van der Waals surface area contributed by atoms with Gasteiger partial charge in [-0.2, -0.15) is 0 Å². The van der Waals surface area contributed by atoms with E-state index in [4.69, 9.17) is 11.6 Å². The van der Waals surface area contributed by atoms with Gasteiger partial charge in [-0.1, -0.05) is 35.5 Å². The van der Waals surface area contributed by atoms with Gasteiger partial charge in [-0.05, 0) is 30.3 Å². The summed E-state index contributed by atoms with van der Waals surface area (Å²) in [6.45, 7) is 0. The van der Waals surface area contributed by atoms with Crippen molar-refractivity contribution in [1.29, 1.82) is 0 Å². The highest BCUT2D eigenvalue weighted by Crippen LogP contribution is 2.45. The number of rotatable bonds is 3. The van der Waals surface area contributed by atoms with Crippen molar-refractivity contribution in [3.05, 3.63) is 85.9 Å². The molecule has 0 unspecified atom stereocenters. The van der Waals surface area contributed by atoms with Crippen LogP contribution < -0.4 is 0 Å². The van der Waals surface area contributed by atoms with Gasteiger partial charge >= 0.3 is 0 Å². The summed E-state index contributed by atoms with van der Waals surface area (Å²) in [5, 5.41) is 32.2. The Kier molecular flexibility index (Phi) is 4.52. The molecule has 1 aliphatic carbocycles. The molecule has 0 saturated carbocycles. The first-order chi connectivity index (χ1) is 13.8. The number of carbonyl (C=O) groups is 2. The molecule has 9 heteroatoms. The van der Waals surface area contributed by atoms with Gasteiger partial charge in [0.15, 0.2) is 5.78 Å². The van der Waals surface area contributed by atoms with Crippen molar-refractivity contribution in [1.82, 2.24) is 0 Å². The molecule has 7 nitrogen and oxygen atoms in total. The predicted molar refractivity (Wildman–Crippen MR) is 105 cm³/mol. The number of phenolic OH excluding ortho intramolecular Hbond substituents is 2. The number of nitro groups is 1. The summed E-state index contributed by atoms with van der Waals surface area (Å²) in [7, 11) is 0. The van der Waals surface area contributed by atoms with E-state index >= 15 is 0 Å². The van der Waals surface area contributed by atoms with Crippen LogP contribution in [0.15, 0.2) is 58.3 Å². The minimum absolute atomic E-state index is 0.136. The summed E-state index contributed by atoms with van der Waals surface area (Å²) < 4.78 is 0. The number of fused-ring (bicyclic) bond motifs is 2. The molecule has 0 spiro atoms. The normalized spacial score (nSPS) is 12.4. The second-order valence-electron chi connectivity index (χ2n) is 6.13. The summed E-state index contributed by atoms with van der Waals surface area (Å²) in [6, 6.07) is 11.5. The molecule has 4 rings (SSSR count). The maximum absolute atomic E-state index is 13.2. The number of aromatic hydroxyl groups is 2. The first-order valence-electron chi connectivity index (χ1n) is 8.19. The average Bonchev–Trinajstić information content (AvgIpc) is 2.68. The van der Waals surface area contributed by atoms with Gasteiger partial charge in [0.25, 0.3) is 5.69 Å². The van der Waals surface area contributed by atoms with Gasteiger partial charge in [-0.3, -0.25) is 19.7 Å². The fraction of sp³-hybridized carbons (Fsp3) is 0. The first-order valence-corrected chi connectivity index (χ1v) is 9.38. The zero-order valence-electron chi connectivity index (χ0n) is 14.4. The number of phenols is 2. The Balaban J connectivity index is 1.98. The van der Waals surface area contributed by atoms with Crippen molar-refractivity contribution in [3.63, 3.8) is 0 Å². The molecule has 0 amide bonds. The number of hydrogen-bond donors (Lipinski definition) is 2. The zero-order chi connectivity index (χ0) is 20.9. The zero-order valence-corrected chi connectivity index (χ0v) is 16.0. The number of ketones is 2. The lowest BCUT2D eigenvalue weighted by atomic mass is 9.82. The Morgan fingerprint density at radius 2 is 1.38 bits per heavy atom. The molecule has 0 aliphatic heterocycles. The summed E-state index contributed by atoms with van der Waals surface area (Å²) >= 11 is 7.28. The van der Waals surface area contributed by atoms with Gasteiger partial charge in [0.05, 0.1) is 26.6 Å². The van der Waals surface area contributed by atoms with Gasteiger partial charge in [0.2, 0.25) is 5.78 Å². The van der Waals surface area contributed by atoms with Crippen LogP contribution in [0.3, 0.4) is 0 Å². The van der Waals surface area contributed by atoms with Crippen LogP contribution in [0.1, 0.15) is 31.8 Å². The molecule has 0 aromatic heterocycles. The summed E-state index contributed by atoms with van der Waals surface area (Å²) in [5.74, 6) is -2.73. The van der Waals surface area contributed by atoms with Crippen LogP contribution in [0, 0.1) is 10.1 Å². The molecular weight excluding hydrogens is 418 g/mol. The summed E-state index contributed by atoms with van der Waals surface area (Å²) in [5.41, 5.74) is -2.09. The Bertz CT molecular complexity index is 1240. The van der Waals surface area contributed by atoms with Crippen molar-refractivity contribution in [2.45, 2.75) is 9.79 Å². The van der Waals surface area contributed by atoms with Crippen LogP contribution in [0.4, 0.5) is 5.69 Å². The minimum atomic E-state index is -0.906. The smallest absolute Gasteiger partial charge is 0.281 e. The van der Waals surface area contributed by atoms with Crippen LogP contribution in [0.25, 0.3) is 0 Å². The van der Waals surface area contributed by atoms with E-state index < -0.39 is 44.8 Å². The number of carbonyl (C=O) groups excluding carboxylic acids is 2. The fourth-order valence-corrected chi connectivity index (χ4v) is 4.43. The fourth-order valence-electron chi connectivity index (χ4n) is 3.20. The predicted octanol–water partition coefficient (Wildman–Crippen LogP) is 4.59. The summed E-state index contributed by atoms with van der Waals surface area (Å²) in [4.78, 5) is 37.7. The van der Waals surface area contributed by atoms with Crippen molar-refractivity contribution in [3.8, 4) is 11.5 Å². The van der Waals surface area contributed by atoms with Crippen molar-refractivity contribution >= 4 is 40.6 Å². The minimum Gasteiger partial charge on any atom is -0.507 e. The second-order valence-corrected chi connectivity index (χ2v) is 7.63. The van der Waals surface area contributed by atoms with Crippen molar-refractivity contribution in [2.75, 3.05) is 0 Å².